The van der Waals surface area contributed by atoms with Crippen LogP contribution in [0.4, 0.5) is 0 Å². The Hall–Kier alpha value is -2.51. The van der Waals surface area contributed by atoms with Gasteiger partial charge in [0, 0.05) is 35.6 Å². The van der Waals surface area contributed by atoms with Crippen molar-refractivity contribution in [2.45, 2.75) is 45.4 Å². The molecule has 0 atom stereocenters. The minimum absolute atomic E-state index is 0.148. The highest BCUT2D eigenvalue weighted by atomic mass is 35.5. The largest absolute Gasteiger partial charge is 0.478 e. The van der Waals surface area contributed by atoms with E-state index in [1.54, 1.807) is 17.5 Å². The van der Waals surface area contributed by atoms with Gasteiger partial charge in [0.15, 0.2) is 0 Å². The van der Waals surface area contributed by atoms with Crippen molar-refractivity contribution >= 4 is 40.6 Å². The lowest BCUT2D eigenvalue weighted by Gasteiger charge is -2.06. The number of pyridine rings is 1. The molecule has 3 heterocycles. The molecule has 0 unspecified atom stereocenters. The lowest BCUT2D eigenvalue weighted by atomic mass is 10.1. The summed E-state index contributed by atoms with van der Waals surface area (Å²) in [6.45, 7) is 4.26. The average molecular weight is 446 g/mol. The van der Waals surface area contributed by atoms with Crippen molar-refractivity contribution in [2.75, 3.05) is 5.88 Å². The first-order chi connectivity index (χ1) is 14.4. The zero-order valence-electron chi connectivity index (χ0n) is 17.0. The van der Waals surface area contributed by atoms with E-state index >= 15 is 0 Å². The number of aryl methyl sites for hydroxylation is 2. The molecule has 0 bridgehead atoms. The van der Waals surface area contributed by atoms with E-state index in [0.717, 1.165) is 29.1 Å². The summed E-state index contributed by atoms with van der Waals surface area (Å²) in [7, 11) is 0. The van der Waals surface area contributed by atoms with E-state index in [9.17, 15) is 14.7 Å². The van der Waals surface area contributed by atoms with Crippen LogP contribution < -0.4 is 5.56 Å². The smallest absolute Gasteiger partial charge is 0.331 e. The van der Waals surface area contributed by atoms with Crippen molar-refractivity contribution < 1.29 is 9.90 Å². The first-order valence-corrected chi connectivity index (χ1v) is 11.2. The Kier molecular flexibility index (Phi) is 7.39. The van der Waals surface area contributed by atoms with Gasteiger partial charge in [-0.25, -0.2) is 14.8 Å². The number of alkyl halides is 1. The van der Waals surface area contributed by atoms with Crippen molar-refractivity contribution in [1.82, 2.24) is 14.4 Å². The van der Waals surface area contributed by atoms with Crippen LogP contribution in [0, 0.1) is 0 Å². The number of nitrogens with zero attached hydrogens (tertiary/aromatic N) is 3. The quantitative estimate of drug-likeness (QED) is 0.386. The monoisotopic (exact) mass is 445 g/mol. The van der Waals surface area contributed by atoms with Gasteiger partial charge in [0.2, 0.25) is 0 Å². The number of rotatable bonds is 9. The molecule has 0 fully saturated rings. The van der Waals surface area contributed by atoms with Crippen molar-refractivity contribution in [1.29, 1.82) is 0 Å². The predicted molar refractivity (Wildman–Crippen MR) is 121 cm³/mol. The molecule has 0 radical (unpaired) electrons. The molecular formula is C22H24ClN3O3S. The van der Waals surface area contributed by atoms with E-state index in [2.05, 4.69) is 29.2 Å². The molecule has 0 aliphatic heterocycles. The minimum Gasteiger partial charge on any atom is -0.478 e. The van der Waals surface area contributed by atoms with E-state index in [1.165, 1.54) is 16.7 Å². The second-order valence-corrected chi connectivity index (χ2v) is 8.69. The Morgan fingerprint density at radius 3 is 2.83 bits per heavy atom. The number of thiazole rings is 1. The third-order valence-electron chi connectivity index (χ3n) is 4.77. The highest BCUT2D eigenvalue weighted by molar-refractivity contribution is 7.09. The molecule has 6 nitrogen and oxygen atoms in total. The molecule has 30 heavy (non-hydrogen) atoms. The van der Waals surface area contributed by atoms with Gasteiger partial charge in [-0.15, -0.1) is 22.9 Å². The molecule has 0 aliphatic rings. The number of aromatic nitrogens is 3. The predicted octanol–water partition coefficient (Wildman–Crippen LogP) is 4.55. The molecule has 0 saturated heterocycles. The van der Waals surface area contributed by atoms with Crippen LogP contribution in [0.15, 0.2) is 40.3 Å². The number of carboxylic acid groups (broad SMARTS) is 1. The highest BCUT2D eigenvalue weighted by Crippen LogP contribution is 2.19. The molecule has 158 valence electrons. The summed E-state index contributed by atoms with van der Waals surface area (Å²) < 4.78 is 1.44. The van der Waals surface area contributed by atoms with E-state index in [0.29, 0.717) is 30.3 Å². The van der Waals surface area contributed by atoms with Crippen LogP contribution in [0.5, 0.6) is 0 Å². The lowest BCUT2D eigenvalue weighted by molar-refractivity contribution is -0.132. The van der Waals surface area contributed by atoms with Gasteiger partial charge in [-0.3, -0.25) is 9.20 Å². The number of carboxylic acids is 1. The molecular weight excluding hydrogens is 422 g/mol. The molecule has 0 aromatic carbocycles. The molecule has 0 aliphatic carbocycles. The third kappa shape index (κ3) is 5.34. The number of aliphatic carboxylic acids is 1. The van der Waals surface area contributed by atoms with Gasteiger partial charge in [0.1, 0.15) is 5.65 Å². The van der Waals surface area contributed by atoms with Gasteiger partial charge in [-0.1, -0.05) is 13.8 Å². The normalized spacial score (nSPS) is 12.1. The summed E-state index contributed by atoms with van der Waals surface area (Å²) in [6, 6.07) is 3.78. The second-order valence-electron chi connectivity index (χ2n) is 7.37. The standard InChI is InChI=1S/C22H24ClN3O3S/c1-14(2)18-13-30-20(25-18)6-5-15-7-9-26-19(10-15)24-12-17(21(26)27)11-16(22(28)29)4-3-8-23/h7,9-14H,3-6,8H2,1-2H3,(H,28,29). The van der Waals surface area contributed by atoms with Crippen LogP contribution in [-0.4, -0.2) is 31.3 Å². The molecule has 3 aromatic heterocycles. The lowest BCUT2D eigenvalue weighted by Crippen LogP contribution is -2.18. The fourth-order valence-corrected chi connectivity index (χ4v) is 4.12. The van der Waals surface area contributed by atoms with E-state index in [4.69, 9.17) is 11.6 Å². The fraction of sp³-hybridized carbons (Fsp3) is 0.364. The molecule has 0 spiro atoms. The van der Waals surface area contributed by atoms with Gasteiger partial charge in [0.25, 0.3) is 5.56 Å². The summed E-state index contributed by atoms with van der Waals surface area (Å²) in [4.78, 5) is 33.2. The Balaban J connectivity index is 1.81. The zero-order chi connectivity index (χ0) is 21.7. The van der Waals surface area contributed by atoms with Gasteiger partial charge >= 0.3 is 5.97 Å². The molecule has 0 saturated carbocycles. The summed E-state index contributed by atoms with van der Waals surface area (Å²) in [6.07, 6.45) is 6.98. The maximum atomic E-state index is 12.8. The van der Waals surface area contributed by atoms with Crippen LogP contribution in [0.3, 0.4) is 0 Å². The van der Waals surface area contributed by atoms with Crippen molar-refractivity contribution in [3.63, 3.8) is 0 Å². The van der Waals surface area contributed by atoms with Crippen LogP contribution in [-0.2, 0) is 17.6 Å². The van der Waals surface area contributed by atoms with Gasteiger partial charge in [-0.05, 0) is 49.0 Å². The summed E-state index contributed by atoms with van der Waals surface area (Å²) >= 11 is 7.33. The SMILES string of the molecule is CC(C)c1csc(CCc2ccn3c(=O)c(C=C(CCCCl)C(=O)O)cnc3c2)n1. The van der Waals surface area contributed by atoms with E-state index in [-0.39, 0.29) is 16.7 Å². The van der Waals surface area contributed by atoms with Gasteiger partial charge < -0.3 is 5.11 Å². The maximum Gasteiger partial charge on any atom is 0.331 e. The first kappa shape index (κ1) is 22.2. The Morgan fingerprint density at radius 2 is 2.17 bits per heavy atom. The van der Waals surface area contributed by atoms with Gasteiger partial charge in [-0.2, -0.15) is 0 Å². The third-order valence-corrected chi connectivity index (χ3v) is 5.97. The van der Waals surface area contributed by atoms with Crippen LogP contribution in [0.2, 0.25) is 0 Å². The van der Waals surface area contributed by atoms with Crippen LogP contribution in [0.25, 0.3) is 11.7 Å². The molecule has 3 rings (SSSR count). The van der Waals surface area contributed by atoms with Crippen molar-refractivity contribution in [2.24, 2.45) is 0 Å². The van der Waals surface area contributed by atoms with Crippen LogP contribution in [0.1, 0.15) is 54.4 Å². The Bertz CT molecular complexity index is 1130. The molecule has 1 N–H and O–H groups in total. The second kappa shape index (κ2) is 10.00. The number of fused-ring (bicyclic) bond motifs is 1. The van der Waals surface area contributed by atoms with Crippen molar-refractivity contribution in [3.05, 3.63) is 67.7 Å². The average Bonchev–Trinajstić information content (AvgIpc) is 3.20. The van der Waals surface area contributed by atoms with Crippen LogP contribution >= 0.6 is 22.9 Å². The van der Waals surface area contributed by atoms with Gasteiger partial charge in [0.05, 0.1) is 16.3 Å². The summed E-state index contributed by atoms with van der Waals surface area (Å²) in [5, 5.41) is 12.5. The molecule has 8 heteroatoms. The van der Waals surface area contributed by atoms with E-state index in [1.807, 2.05) is 12.1 Å². The topological polar surface area (TPSA) is 84.6 Å². The summed E-state index contributed by atoms with van der Waals surface area (Å²) in [5.74, 6) is -0.267. The maximum absolute atomic E-state index is 12.8. The molecule has 3 aromatic rings. The number of hydrogen-bond acceptors (Lipinski definition) is 5. The first-order valence-electron chi connectivity index (χ1n) is 9.83. The molecule has 0 amide bonds. The fourth-order valence-electron chi connectivity index (χ4n) is 3.03. The minimum atomic E-state index is -1.05. The number of carbonyl (C=O) groups is 1. The highest BCUT2D eigenvalue weighted by Gasteiger charge is 2.11. The number of halogens is 1. The Morgan fingerprint density at radius 1 is 1.37 bits per heavy atom. The number of hydrogen-bond donors (Lipinski definition) is 1. The zero-order valence-corrected chi connectivity index (χ0v) is 18.5. The summed E-state index contributed by atoms with van der Waals surface area (Å²) in [5.41, 5.74) is 2.83. The van der Waals surface area contributed by atoms with E-state index < -0.39 is 5.97 Å². The van der Waals surface area contributed by atoms with Crippen molar-refractivity contribution in [3.8, 4) is 0 Å². The Labute approximate surface area is 183 Å².